The zero-order valence-electron chi connectivity index (χ0n) is 24.8. The molecule has 1 N–H and O–H groups in total. The molecule has 0 radical (unpaired) electrons. The van der Waals surface area contributed by atoms with Crippen molar-refractivity contribution >= 4 is 27.5 Å². The van der Waals surface area contributed by atoms with Crippen LogP contribution in [0.15, 0.2) is 83.8 Å². The number of alkyl halides is 3. The highest BCUT2D eigenvalue weighted by Gasteiger charge is 2.36. The molecule has 3 aromatic carbocycles. The molecule has 0 aliphatic heterocycles. The van der Waals surface area contributed by atoms with Crippen LogP contribution in [0, 0.1) is 6.92 Å². The lowest BCUT2D eigenvalue weighted by Crippen LogP contribution is -2.54. The standard InChI is InChI=1S/C32H38F3N3O4S/c1-5-24(4)36-31(40)29(6-2)37(20-19-25-11-8-7-9-12-25)30(39)22-38(27-14-10-13-26(21-27)32(33,34)35)43(41,42)28-17-15-23(3)16-18-28/h7-18,21,24,29H,5-6,19-20,22H2,1-4H3,(H,36,40)/t24-,29+/m1/s1. The molecule has 0 spiro atoms. The maximum Gasteiger partial charge on any atom is 0.416 e. The number of nitrogens with zero attached hydrogens (tertiary/aromatic N) is 2. The molecule has 2 amide bonds. The second kappa shape index (κ2) is 14.5. The van der Waals surface area contributed by atoms with E-state index in [1.807, 2.05) is 44.2 Å². The van der Waals surface area contributed by atoms with Crippen molar-refractivity contribution in [3.8, 4) is 0 Å². The van der Waals surface area contributed by atoms with E-state index in [4.69, 9.17) is 0 Å². The molecule has 0 aliphatic rings. The van der Waals surface area contributed by atoms with Crippen molar-refractivity contribution < 1.29 is 31.2 Å². The smallest absolute Gasteiger partial charge is 0.352 e. The third-order valence-corrected chi connectivity index (χ3v) is 9.01. The van der Waals surface area contributed by atoms with Gasteiger partial charge in [-0.2, -0.15) is 13.2 Å². The molecule has 2 atom stereocenters. The Kier molecular flexibility index (Phi) is 11.4. The van der Waals surface area contributed by atoms with Gasteiger partial charge in [0.1, 0.15) is 12.6 Å². The SMILES string of the molecule is CC[C@@H](C)NC(=O)[C@H](CC)N(CCc1ccccc1)C(=O)CN(c1cccc(C(F)(F)F)c1)S(=O)(=O)c1ccc(C)cc1. The number of anilines is 1. The molecule has 0 saturated heterocycles. The summed E-state index contributed by atoms with van der Waals surface area (Å²) in [5.74, 6) is -1.10. The molecular weight excluding hydrogens is 579 g/mol. The van der Waals surface area contributed by atoms with E-state index in [1.165, 1.54) is 23.1 Å². The summed E-state index contributed by atoms with van der Waals surface area (Å²) in [6.45, 7) is 6.55. The van der Waals surface area contributed by atoms with Crippen LogP contribution in [0.5, 0.6) is 0 Å². The van der Waals surface area contributed by atoms with Crippen molar-refractivity contribution in [2.24, 2.45) is 0 Å². The zero-order chi connectivity index (χ0) is 31.8. The van der Waals surface area contributed by atoms with Crippen LogP contribution in [-0.4, -0.2) is 50.3 Å². The van der Waals surface area contributed by atoms with Gasteiger partial charge in [0.05, 0.1) is 16.1 Å². The highest BCUT2D eigenvalue weighted by atomic mass is 32.2. The van der Waals surface area contributed by atoms with E-state index in [0.717, 1.165) is 23.3 Å². The summed E-state index contributed by atoms with van der Waals surface area (Å²) >= 11 is 0. The minimum atomic E-state index is -4.73. The van der Waals surface area contributed by atoms with Crippen LogP contribution in [0.3, 0.4) is 0 Å². The number of benzene rings is 3. The van der Waals surface area contributed by atoms with E-state index in [1.54, 1.807) is 26.0 Å². The van der Waals surface area contributed by atoms with Crippen LogP contribution in [0.2, 0.25) is 0 Å². The van der Waals surface area contributed by atoms with Gasteiger partial charge in [0.2, 0.25) is 11.8 Å². The predicted octanol–water partition coefficient (Wildman–Crippen LogP) is 5.97. The average Bonchev–Trinajstić information content (AvgIpc) is 2.98. The van der Waals surface area contributed by atoms with Crippen LogP contribution >= 0.6 is 0 Å². The largest absolute Gasteiger partial charge is 0.416 e. The van der Waals surface area contributed by atoms with Crippen molar-refractivity contribution in [3.05, 3.63) is 95.6 Å². The summed E-state index contributed by atoms with van der Waals surface area (Å²) < 4.78 is 69.4. The molecule has 0 aliphatic carbocycles. The average molecular weight is 618 g/mol. The Morgan fingerprint density at radius 1 is 0.907 bits per heavy atom. The van der Waals surface area contributed by atoms with Gasteiger partial charge in [0.15, 0.2) is 0 Å². The van der Waals surface area contributed by atoms with E-state index >= 15 is 0 Å². The number of sulfonamides is 1. The first-order chi connectivity index (χ1) is 20.3. The van der Waals surface area contributed by atoms with E-state index in [0.29, 0.717) is 23.2 Å². The number of hydrogen-bond acceptors (Lipinski definition) is 4. The Morgan fingerprint density at radius 3 is 2.14 bits per heavy atom. The Morgan fingerprint density at radius 2 is 1.56 bits per heavy atom. The molecule has 11 heteroatoms. The van der Waals surface area contributed by atoms with Crippen molar-refractivity contribution in [2.75, 3.05) is 17.4 Å². The minimum Gasteiger partial charge on any atom is -0.352 e. The van der Waals surface area contributed by atoms with Gasteiger partial charge in [-0.1, -0.05) is 67.9 Å². The van der Waals surface area contributed by atoms with Gasteiger partial charge in [-0.15, -0.1) is 0 Å². The fourth-order valence-electron chi connectivity index (χ4n) is 4.54. The van der Waals surface area contributed by atoms with Crippen molar-refractivity contribution in [3.63, 3.8) is 0 Å². The van der Waals surface area contributed by atoms with Crippen LogP contribution in [0.4, 0.5) is 18.9 Å². The molecule has 0 saturated carbocycles. The highest BCUT2D eigenvalue weighted by molar-refractivity contribution is 7.92. The first-order valence-corrected chi connectivity index (χ1v) is 15.6. The molecule has 0 heterocycles. The minimum absolute atomic E-state index is 0.0935. The molecule has 3 aromatic rings. The summed E-state index contributed by atoms with van der Waals surface area (Å²) in [6.07, 6.45) is -3.44. The summed E-state index contributed by atoms with van der Waals surface area (Å²) in [5, 5.41) is 2.89. The third kappa shape index (κ3) is 8.82. The zero-order valence-corrected chi connectivity index (χ0v) is 25.6. The first kappa shape index (κ1) is 33.6. The number of halogens is 3. The Balaban J connectivity index is 2.07. The number of hydrogen-bond donors (Lipinski definition) is 1. The number of carbonyl (C=O) groups is 2. The summed E-state index contributed by atoms with van der Waals surface area (Å²) in [7, 11) is -4.49. The molecule has 3 rings (SSSR count). The first-order valence-electron chi connectivity index (χ1n) is 14.2. The molecular formula is C32H38F3N3O4S. The predicted molar refractivity (Wildman–Crippen MR) is 161 cm³/mol. The molecule has 0 bridgehead atoms. The van der Waals surface area contributed by atoms with Crippen LogP contribution < -0.4 is 9.62 Å². The maximum atomic E-state index is 14.0. The van der Waals surface area contributed by atoms with Gasteiger partial charge in [-0.3, -0.25) is 13.9 Å². The summed E-state index contributed by atoms with van der Waals surface area (Å²) in [5.41, 5.74) is 0.316. The molecule has 0 unspecified atom stereocenters. The third-order valence-electron chi connectivity index (χ3n) is 7.22. The van der Waals surface area contributed by atoms with E-state index in [2.05, 4.69) is 5.32 Å². The summed E-state index contributed by atoms with van der Waals surface area (Å²) in [6, 6.07) is 17.9. The molecule has 7 nitrogen and oxygen atoms in total. The second-order valence-corrected chi connectivity index (χ2v) is 12.3. The van der Waals surface area contributed by atoms with Gasteiger partial charge < -0.3 is 10.2 Å². The lowest BCUT2D eigenvalue weighted by atomic mass is 10.1. The van der Waals surface area contributed by atoms with Gasteiger partial charge in [0.25, 0.3) is 10.0 Å². The fraction of sp³-hybridized carbons (Fsp3) is 0.375. The summed E-state index contributed by atoms with van der Waals surface area (Å²) in [4.78, 5) is 28.5. The number of amides is 2. The van der Waals surface area contributed by atoms with Crippen LogP contribution in [-0.2, 0) is 32.2 Å². The topological polar surface area (TPSA) is 86.8 Å². The highest BCUT2D eigenvalue weighted by Crippen LogP contribution is 2.33. The van der Waals surface area contributed by atoms with E-state index in [9.17, 15) is 31.2 Å². The van der Waals surface area contributed by atoms with Crippen LogP contribution in [0.25, 0.3) is 0 Å². The molecule has 43 heavy (non-hydrogen) atoms. The quantitative estimate of drug-likeness (QED) is 0.256. The lowest BCUT2D eigenvalue weighted by Gasteiger charge is -2.34. The Labute approximate surface area is 251 Å². The van der Waals surface area contributed by atoms with Crippen molar-refractivity contribution in [1.82, 2.24) is 10.2 Å². The fourth-order valence-corrected chi connectivity index (χ4v) is 5.95. The molecule has 0 aromatic heterocycles. The molecule has 232 valence electrons. The van der Waals surface area contributed by atoms with Crippen molar-refractivity contribution in [2.45, 2.75) is 70.1 Å². The Bertz CT molecular complexity index is 1480. The van der Waals surface area contributed by atoms with Gasteiger partial charge in [-0.05, 0) is 69.0 Å². The monoisotopic (exact) mass is 617 g/mol. The van der Waals surface area contributed by atoms with E-state index < -0.39 is 40.3 Å². The number of rotatable bonds is 13. The van der Waals surface area contributed by atoms with Gasteiger partial charge >= 0.3 is 6.18 Å². The number of aryl methyl sites for hydroxylation is 1. The van der Waals surface area contributed by atoms with E-state index in [-0.39, 0.29) is 35.5 Å². The molecule has 0 fully saturated rings. The van der Waals surface area contributed by atoms with Gasteiger partial charge in [0, 0.05) is 12.6 Å². The number of carbonyl (C=O) groups excluding carboxylic acids is 2. The number of nitrogens with one attached hydrogen (secondary N) is 1. The van der Waals surface area contributed by atoms with Gasteiger partial charge in [-0.25, -0.2) is 8.42 Å². The maximum absolute atomic E-state index is 14.0. The van der Waals surface area contributed by atoms with Crippen molar-refractivity contribution in [1.29, 1.82) is 0 Å². The van der Waals surface area contributed by atoms with Crippen LogP contribution in [0.1, 0.15) is 50.3 Å². The second-order valence-electron chi connectivity index (χ2n) is 10.4. The Hall–Kier alpha value is -3.86. The normalized spacial score (nSPS) is 13.2. The lowest BCUT2D eigenvalue weighted by molar-refractivity contribution is -0.139.